The average molecular weight is 659 g/mol. The second-order valence-corrected chi connectivity index (χ2v) is 16.8. The summed E-state index contributed by atoms with van der Waals surface area (Å²) < 4.78 is 13.7. The van der Waals surface area contributed by atoms with Crippen molar-refractivity contribution in [3.8, 4) is 23.0 Å². The van der Waals surface area contributed by atoms with Crippen LogP contribution in [0.25, 0.3) is 0 Å². The van der Waals surface area contributed by atoms with Crippen molar-refractivity contribution in [3.05, 3.63) is 106 Å². The third-order valence-corrected chi connectivity index (χ3v) is 10.7. The molecule has 4 aromatic carbocycles. The molecule has 6 rings (SSSR count). The standard InChI is InChI=1S/C45H58N2O2/c1-44(2,3)40-28-30(26-38(32-13-9-7-10-14-32)42(40)48-36-21-17-34(46)18-22-36)25-31-27-39(33-15-11-8-12-16-33)43(41(29-31)45(4,5)6)49-37-23-19-35(47)20-24-37/h17-24,26-29,32-33H,7-16,25,46-47H2,1-6H3. The van der Waals surface area contributed by atoms with E-state index in [2.05, 4.69) is 65.8 Å². The van der Waals surface area contributed by atoms with Gasteiger partial charge in [0.25, 0.3) is 0 Å². The van der Waals surface area contributed by atoms with Crippen LogP contribution >= 0.6 is 0 Å². The fourth-order valence-electron chi connectivity index (χ4n) is 7.95. The molecule has 0 amide bonds. The summed E-state index contributed by atoms with van der Waals surface area (Å²) >= 11 is 0. The minimum atomic E-state index is -0.0941. The molecule has 4 aromatic rings. The normalized spacial score (nSPS) is 16.4. The second-order valence-electron chi connectivity index (χ2n) is 16.8. The van der Waals surface area contributed by atoms with Gasteiger partial charge in [0.15, 0.2) is 0 Å². The molecule has 2 aliphatic rings. The number of hydrogen-bond donors (Lipinski definition) is 2. The SMILES string of the molecule is CC(C)(C)c1cc(Cc2cc(C3CCCCC3)c(Oc3ccc(N)cc3)c(C(C)(C)C)c2)cc(C2CCCCC2)c1Oc1ccc(N)cc1. The van der Waals surface area contributed by atoms with Gasteiger partial charge in [-0.05, 0) is 126 Å². The molecular formula is C45H58N2O2. The molecule has 0 heterocycles. The van der Waals surface area contributed by atoms with Crippen LogP contribution in [0.15, 0.2) is 72.8 Å². The lowest BCUT2D eigenvalue weighted by Crippen LogP contribution is -2.18. The second kappa shape index (κ2) is 14.5. The van der Waals surface area contributed by atoms with Gasteiger partial charge in [-0.15, -0.1) is 0 Å². The Balaban J connectivity index is 1.47. The van der Waals surface area contributed by atoms with E-state index >= 15 is 0 Å². The first-order valence-electron chi connectivity index (χ1n) is 18.8. The van der Waals surface area contributed by atoms with Gasteiger partial charge in [-0.25, -0.2) is 0 Å². The van der Waals surface area contributed by atoms with Gasteiger partial charge in [-0.2, -0.15) is 0 Å². The summed E-state index contributed by atoms with van der Waals surface area (Å²) in [5.74, 6) is 4.76. The highest BCUT2D eigenvalue weighted by Gasteiger charge is 2.30. The highest BCUT2D eigenvalue weighted by molar-refractivity contribution is 5.56. The highest BCUT2D eigenvalue weighted by atomic mass is 16.5. The minimum absolute atomic E-state index is 0.0941. The Morgan fingerprint density at radius 1 is 0.510 bits per heavy atom. The first-order valence-corrected chi connectivity index (χ1v) is 18.8. The van der Waals surface area contributed by atoms with Crippen molar-refractivity contribution >= 4 is 11.4 Å². The van der Waals surface area contributed by atoms with Crippen molar-refractivity contribution < 1.29 is 9.47 Å². The van der Waals surface area contributed by atoms with Crippen LogP contribution in [-0.4, -0.2) is 0 Å². The predicted octanol–water partition coefficient (Wildman–Crippen LogP) is 12.7. The van der Waals surface area contributed by atoms with Crippen LogP contribution < -0.4 is 20.9 Å². The molecule has 0 aromatic heterocycles. The van der Waals surface area contributed by atoms with Crippen LogP contribution in [0.1, 0.15) is 151 Å². The van der Waals surface area contributed by atoms with Gasteiger partial charge in [-0.1, -0.05) is 104 Å². The van der Waals surface area contributed by atoms with E-state index in [1.807, 2.05) is 48.5 Å². The molecule has 2 aliphatic carbocycles. The van der Waals surface area contributed by atoms with Crippen LogP contribution in [0.5, 0.6) is 23.0 Å². The first-order chi connectivity index (χ1) is 23.3. The lowest BCUT2D eigenvalue weighted by atomic mass is 9.76. The van der Waals surface area contributed by atoms with Crippen LogP contribution in [0.3, 0.4) is 0 Å². The van der Waals surface area contributed by atoms with Crippen LogP contribution in [0.2, 0.25) is 0 Å². The van der Waals surface area contributed by atoms with E-state index in [1.165, 1.54) is 97.6 Å². The largest absolute Gasteiger partial charge is 0.457 e. The Bertz CT molecular complexity index is 1580. The molecule has 0 spiro atoms. The van der Waals surface area contributed by atoms with Gasteiger partial charge in [0.1, 0.15) is 23.0 Å². The van der Waals surface area contributed by atoms with Crippen molar-refractivity contribution in [3.63, 3.8) is 0 Å². The zero-order valence-corrected chi connectivity index (χ0v) is 30.8. The van der Waals surface area contributed by atoms with E-state index in [0.717, 1.165) is 40.8 Å². The van der Waals surface area contributed by atoms with Crippen molar-refractivity contribution in [1.29, 1.82) is 0 Å². The Hall–Kier alpha value is -3.92. The summed E-state index contributed by atoms with van der Waals surface area (Å²) in [6, 6.07) is 25.5. The molecule has 2 saturated carbocycles. The van der Waals surface area contributed by atoms with Gasteiger partial charge in [0.2, 0.25) is 0 Å². The van der Waals surface area contributed by atoms with Crippen molar-refractivity contribution in [2.75, 3.05) is 11.5 Å². The zero-order chi connectivity index (χ0) is 34.8. The molecule has 2 fully saturated rings. The van der Waals surface area contributed by atoms with E-state index in [4.69, 9.17) is 20.9 Å². The summed E-state index contributed by atoms with van der Waals surface area (Å²) in [6.45, 7) is 13.9. The molecule has 260 valence electrons. The molecule has 0 radical (unpaired) electrons. The summed E-state index contributed by atoms with van der Waals surface area (Å²) in [6.07, 6.45) is 13.4. The number of nitrogens with two attached hydrogens (primary N) is 2. The quantitative estimate of drug-likeness (QED) is 0.185. The first kappa shape index (κ1) is 34.9. The monoisotopic (exact) mass is 658 g/mol. The zero-order valence-electron chi connectivity index (χ0n) is 30.8. The Labute approximate surface area is 295 Å². The summed E-state index contributed by atoms with van der Waals surface area (Å²) in [4.78, 5) is 0. The lowest BCUT2D eigenvalue weighted by molar-refractivity contribution is 0.408. The van der Waals surface area contributed by atoms with Crippen molar-refractivity contribution in [1.82, 2.24) is 0 Å². The number of benzene rings is 4. The Kier molecular flexibility index (Phi) is 10.3. The number of ether oxygens (including phenoxy) is 2. The lowest BCUT2D eigenvalue weighted by Gasteiger charge is -2.31. The molecule has 0 saturated heterocycles. The number of anilines is 2. The third kappa shape index (κ3) is 8.46. The molecule has 0 atom stereocenters. The molecule has 4 nitrogen and oxygen atoms in total. The number of nitrogen functional groups attached to an aromatic ring is 2. The summed E-state index contributed by atoms with van der Waals surface area (Å²) in [7, 11) is 0. The predicted molar refractivity (Wildman–Crippen MR) is 207 cm³/mol. The number of hydrogen-bond acceptors (Lipinski definition) is 4. The molecular weight excluding hydrogens is 601 g/mol. The van der Waals surface area contributed by atoms with Gasteiger partial charge < -0.3 is 20.9 Å². The smallest absolute Gasteiger partial charge is 0.134 e. The maximum absolute atomic E-state index is 6.84. The highest BCUT2D eigenvalue weighted by Crippen LogP contribution is 2.48. The van der Waals surface area contributed by atoms with Gasteiger partial charge in [0.05, 0.1) is 0 Å². The van der Waals surface area contributed by atoms with Crippen LogP contribution in [0, 0.1) is 0 Å². The average Bonchev–Trinajstić information content (AvgIpc) is 3.07. The fourth-order valence-corrected chi connectivity index (χ4v) is 7.95. The van der Waals surface area contributed by atoms with Crippen molar-refractivity contribution in [2.24, 2.45) is 0 Å². The minimum Gasteiger partial charge on any atom is -0.457 e. The molecule has 4 heteroatoms. The van der Waals surface area contributed by atoms with E-state index in [-0.39, 0.29) is 10.8 Å². The molecule has 49 heavy (non-hydrogen) atoms. The molecule has 0 bridgehead atoms. The van der Waals surface area contributed by atoms with Crippen LogP contribution in [-0.2, 0) is 17.3 Å². The molecule has 0 unspecified atom stereocenters. The summed E-state index contributed by atoms with van der Waals surface area (Å²) in [5.41, 5.74) is 21.4. The number of rotatable bonds is 8. The molecule has 0 aliphatic heterocycles. The maximum Gasteiger partial charge on any atom is 0.134 e. The fraction of sp³-hybridized carbons (Fsp3) is 0.467. The third-order valence-electron chi connectivity index (χ3n) is 10.7. The van der Waals surface area contributed by atoms with Gasteiger partial charge in [-0.3, -0.25) is 0 Å². The van der Waals surface area contributed by atoms with Crippen LogP contribution in [0.4, 0.5) is 11.4 Å². The molecule has 4 N–H and O–H groups in total. The van der Waals surface area contributed by atoms with Crippen molar-refractivity contribution in [2.45, 2.75) is 135 Å². The van der Waals surface area contributed by atoms with Gasteiger partial charge >= 0.3 is 0 Å². The topological polar surface area (TPSA) is 70.5 Å². The Morgan fingerprint density at radius 3 is 1.18 bits per heavy atom. The van der Waals surface area contributed by atoms with E-state index in [9.17, 15) is 0 Å². The summed E-state index contributed by atoms with van der Waals surface area (Å²) in [5, 5.41) is 0. The van der Waals surface area contributed by atoms with Gasteiger partial charge in [0, 0.05) is 22.5 Å². The maximum atomic E-state index is 6.84. The van der Waals surface area contributed by atoms with E-state index < -0.39 is 0 Å². The van der Waals surface area contributed by atoms with E-state index in [1.54, 1.807) is 0 Å². The van der Waals surface area contributed by atoms with E-state index in [0.29, 0.717) is 11.8 Å². The Morgan fingerprint density at radius 2 is 0.857 bits per heavy atom.